The Bertz CT molecular complexity index is 828. The molecular formula is C21H25FN2O4. The minimum atomic E-state index is -0.272. The molecular weight excluding hydrogens is 363 g/mol. The minimum absolute atomic E-state index is 0.0131. The lowest BCUT2D eigenvalue weighted by Crippen LogP contribution is -2.28. The van der Waals surface area contributed by atoms with E-state index in [9.17, 15) is 9.18 Å². The molecule has 1 heterocycles. The molecule has 0 saturated heterocycles. The standard InChI is InChI=1S/C21H25FN2O4/c1-3-23-21(25)13-28-19-6-4-14(10-20(19)26-2)12-24-17-8-9-27-18-7-5-15(22)11-16(17)18/h4-7,10-11,17,24H,3,8-9,12-13H2,1-2H3,(H,23,25). The highest BCUT2D eigenvalue weighted by Gasteiger charge is 2.21. The van der Waals surface area contributed by atoms with Crippen LogP contribution in [0.4, 0.5) is 4.39 Å². The lowest BCUT2D eigenvalue weighted by Gasteiger charge is -2.27. The average molecular weight is 388 g/mol. The van der Waals surface area contributed by atoms with E-state index in [1.807, 2.05) is 19.1 Å². The quantitative estimate of drug-likeness (QED) is 0.728. The maximum atomic E-state index is 13.6. The van der Waals surface area contributed by atoms with Gasteiger partial charge in [0.2, 0.25) is 0 Å². The van der Waals surface area contributed by atoms with Gasteiger partial charge in [-0.15, -0.1) is 0 Å². The molecule has 28 heavy (non-hydrogen) atoms. The molecule has 0 fully saturated rings. The molecule has 7 heteroatoms. The van der Waals surface area contributed by atoms with E-state index in [4.69, 9.17) is 14.2 Å². The molecule has 150 valence electrons. The Balaban J connectivity index is 1.64. The van der Waals surface area contributed by atoms with Crippen molar-refractivity contribution >= 4 is 5.91 Å². The van der Waals surface area contributed by atoms with Crippen molar-refractivity contribution in [3.63, 3.8) is 0 Å². The van der Waals surface area contributed by atoms with Crippen LogP contribution in [0.3, 0.4) is 0 Å². The highest BCUT2D eigenvalue weighted by Crippen LogP contribution is 2.33. The Morgan fingerprint density at radius 2 is 2.11 bits per heavy atom. The first-order chi connectivity index (χ1) is 13.6. The SMILES string of the molecule is CCNC(=O)COc1ccc(CNC2CCOc3ccc(F)cc32)cc1OC. The van der Waals surface area contributed by atoms with Crippen molar-refractivity contribution in [1.29, 1.82) is 0 Å². The summed E-state index contributed by atoms with van der Waals surface area (Å²) in [4.78, 5) is 11.6. The number of nitrogens with one attached hydrogen (secondary N) is 2. The van der Waals surface area contributed by atoms with Gasteiger partial charge in [0.25, 0.3) is 5.91 Å². The van der Waals surface area contributed by atoms with E-state index in [0.29, 0.717) is 31.2 Å². The molecule has 1 unspecified atom stereocenters. The van der Waals surface area contributed by atoms with Crippen LogP contribution in [-0.4, -0.2) is 32.8 Å². The summed E-state index contributed by atoms with van der Waals surface area (Å²) in [5, 5.41) is 6.13. The van der Waals surface area contributed by atoms with E-state index in [0.717, 1.165) is 23.3 Å². The van der Waals surface area contributed by atoms with E-state index in [1.165, 1.54) is 12.1 Å². The number of carbonyl (C=O) groups excluding carboxylic acids is 1. The number of ether oxygens (including phenoxy) is 3. The molecule has 1 atom stereocenters. The van der Waals surface area contributed by atoms with Crippen LogP contribution in [0.25, 0.3) is 0 Å². The van der Waals surface area contributed by atoms with Crippen molar-refractivity contribution < 1.29 is 23.4 Å². The van der Waals surface area contributed by atoms with E-state index in [1.54, 1.807) is 19.2 Å². The van der Waals surface area contributed by atoms with E-state index in [2.05, 4.69) is 10.6 Å². The Morgan fingerprint density at radius 3 is 2.89 bits per heavy atom. The largest absolute Gasteiger partial charge is 0.493 e. The number of halogens is 1. The molecule has 0 aromatic heterocycles. The second kappa shape index (κ2) is 9.41. The van der Waals surface area contributed by atoms with Gasteiger partial charge in [0.1, 0.15) is 11.6 Å². The Morgan fingerprint density at radius 1 is 1.25 bits per heavy atom. The monoisotopic (exact) mass is 388 g/mol. The van der Waals surface area contributed by atoms with Gasteiger partial charge in [-0.3, -0.25) is 4.79 Å². The second-order valence-electron chi connectivity index (χ2n) is 6.48. The van der Waals surface area contributed by atoms with Crippen molar-refractivity contribution in [2.45, 2.75) is 25.9 Å². The summed E-state index contributed by atoms with van der Waals surface area (Å²) in [6.07, 6.45) is 0.765. The fourth-order valence-corrected chi connectivity index (χ4v) is 3.15. The van der Waals surface area contributed by atoms with Crippen LogP contribution in [-0.2, 0) is 11.3 Å². The zero-order valence-corrected chi connectivity index (χ0v) is 16.1. The predicted molar refractivity (Wildman–Crippen MR) is 103 cm³/mol. The van der Waals surface area contributed by atoms with E-state index < -0.39 is 0 Å². The molecule has 0 saturated carbocycles. The third-order valence-electron chi connectivity index (χ3n) is 4.52. The zero-order valence-electron chi connectivity index (χ0n) is 16.1. The number of carbonyl (C=O) groups is 1. The fraction of sp³-hybridized carbons (Fsp3) is 0.381. The van der Waals surface area contributed by atoms with E-state index >= 15 is 0 Å². The van der Waals surface area contributed by atoms with Gasteiger partial charge in [0.15, 0.2) is 18.1 Å². The van der Waals surface area contributed by atoms with Crippen molar-refractivity contribution in [3.8, 4) is 17.2 Å². The first-order valence-electron chi connectivity index (χ1n) is 9.32. The van der Waals surface area contributed by atoms with Crippen molar-refractivity contribution in [3.05, 3.63) is 53.3 Å². The average Bonchev–Trinajstić information content (AvgIpc) is 2.71. The van der Waals surface area contributed by atoms with Gasteiger partial charge >= 0.3 is 0 Å². The van der Waals surface area contributed by atoms with Gasteiger partial charge in [-0.1, -0.05) is 6.07 Å². The van der Waals surface area contributed by atoms with Crippen LogP contribution in [0.1, 0.15) is 30.5 Å². The third-order valence-corrected chi connectivity index (χ3v) is 4.52. The van der Waals surface area contributed by atoms with Gasteiger partial charge in [-0.25, -0.2) is 4.39 Å². The minimum Gasteiger partial charge on any atom is -0.493 e. The number of hydrogen-bond donors (Lipinski definition) is 2. The molecule has 0 bridgehead atoms. The molecule has 2 N–H and O–H groups in total. The van der Waals surface area contributed by atoms with Crippen molar-refractivity contribution in [2.75, 3.05) is 26.9 Å². The van der Waals surface area contributed by atoms with Crippen LogP contribution in [0.15, 0.2) is 36.4 Å². The first-order valence-corrected chi connectivity index (χ1v) is 9.32. The molecule has 1 amide bonds. The molecule has 1 aliphatic rings. The van der Waals surface area contributed by atoms with Crippen LogP contribution < -0.4 is 24.8 Å². The number of methoxy groups -OCH3 is 1. The van der Waals surface area contributed by atoms with Crippen LogP contribution in [0.5, 0.6) is 17.2 Å². The zero-order chi connectivity index (χ0) is 19.9. The van der Waals surface area contributed by atoms with Gasteiger partial charge in [-0.2, -0.15) is 0 Å². The van der Waals surface area contributed by atoms with Crippen molar-refractivity contribution in [2.24, 2.45) is 0 Å². The summed E-state index contributed by atoms with van der Waals surface area (Å²) >= 11 is 0. The second-order valence-corrected chi connectivity index (χ2v) is 6.48. The number of fused-ring (bicyclic) bond motifs is 1. The summed E-state index contributed by atoms with van der Waals surface area (Å²) < 4.78 is 30.1. The molecule has 0 radical (unpaired) electrons. The molecule has 3 rings (SSSR count). The third kappa shape index (κ3) is 4.92. The number of rotatable bonds is 8. The number of benzene rings is 2. The Kier molecular flexibility index (Phi) is 6.71. The fourth-order valence-electron chi connectivity index (χ4n) is 3.15. The molecule has 0 aliphatic carbocycles. The van der Waals surface area contributed by atoms with Gasteiger partial charge in [0.05, 0.1) is 13.7 Å². The summed E-state index contributed by atoms with van der Waals surface area (Å²) in [6, 6.07) is 10.2. The lowest BCUT2D eigenvalue weighted by molar-refractivity contribution is -0.123. The van der Waals surface area contributed by atoms with Gasteiger partial charge in [0, 0.05) is 31.1 Å². The topological polar surface area (TPSA) is 68.8 Å². The maximum Gasteiger partial charge on any atom is 0.257 e. The highest BCUT2D eigenvalue weighted by molar-refractivity contribution is 5.77. The normalized spacial score (nSPS) is 15.3. The van der Waals surface area contributed by atoms with Crippen LogP contribution in [0, 0.1) is 5.82 Å². The summed E-state index contributed by atoms with van der Waals surface area (Å²) in [5.74, 6) is 1.34. The van der Waals surface area contributed by atoms with Crippen LogP contribution in [0.2, 0.25) is 0 Å². The summed E-state index contributed by atoms with van der Waals surface area (Å²) in [6.45, 7) is 3.51. The lowest BCUT2D eigenvalue weighted by atomic mass is 10.00. The first kappa shape index (κ1) is 19.9. The van der Waals surface area contributed by atoms with Gasteiger partial charge < -0.3 is 24.8 Å². The van der Waals surface area contributed by atoms with Crippen molar-refractivity contribution in [1.82, 2.24) is 10.6 Å². The summed E-state index contributed by atoms with van der Waals surface area (Å²) in [7, 11) is 1.56. The Hall–Kier alpha value is -2.80. The number of likely N-dealkylation sites (N-methyl/N-ethyl adjacent to an activating group) is 1. The molecule has 1 aliphatic heterocycles. The van der Waals surface area contributed by atoms with Gasteiger partial charge in [-0.05, 0) is 42.8 Å². The smallest absolute Gasteiger partial charge is 0.257 e. The Labute approximate surface area is 164 Å². The number of amides is 1. The molecule has 0 spiro atoms. The van der Waals surface area contributed by atoms with E-state index in [-0.39, 0.29) is 24.4 Å². The maximum absolute atomic E-state index is 13.6. The molecule has 6 nitrogen and oxygen atoms in total. The molecule has 2 aromatic carbocycles. The molecule has 2 aromatic rings. The predicted octanol–water partition coefficient (Wildman–Crippen LogP) is 2.96. The highest BCUT2D eigenvalue weighted by atomic mass is 19.1. The van der Waals surface area contributed by atoms with Crippen LogP contribution >= 0.6 is 0 Å². The number of hydrogen-bond acceptors (Lipinski definition) is 5. The summed E-state index contributed by atoms with van der Waals surface area (Å²) in [5.41, 5.74) is 1.83.